The average Bonchev–Trinajstić information content (AvgIpc) is 3.77. The molecule has 48 heavy (non-hydrogen) atoms. The molecule has 0 radical (unpaired) electrons. The zero-order valence-electron chi connectivity index (χ0n) is 27.5. The van der Waals surface area contributed by atoms with Crippen molar-refractivity contribution >= 4 is 42.8 Å². The van der Waals surface area contributed by atoms with Gasteiger partial charge in [-0.1, -0.05) is 37.3 Å². The minimum Gasteiger partial charge on any atom is -0.497 e. The number of amides is 1. The predicted octanol–water partition coefficient (Wildman–Crippen LogP) is 4.78. The average molecular weight is 701 g/mol. The van der Waals surface area contributed by atoms with E-state index in [4.69, 9.17) is 23.7 Å². The fourth-order valence-electron chi connectivity index (χ4n) is 6.64. The Labute approximate surface area is 285 Å². The molecule has 5 unspecified atom stereocenters. The van der Waals surface area contributed by atoms with Crippen molar-refractivity contribution in [2.24, 2.45) is 11.8 Å². The Bertz CT molecular complexity index is 1680. The number of anilines is 1. The molecule has 8 rings (SSSR count). The summed E-state index contributed by atoms with van der Waals surface area (Å²) in [5.41, 5.74) is 1.74. The van der Waals surface area contributed by atoms with Gasteiger partial charge in [-0.05, 0) is 73.9 Å². The first-order chi connectivity index (χ1) is 23.1. The Morgan fingerprint density at radius 2 is 1.92 bits per heavy atom. The van der Waals surface area contributed by atoms with Crippen LogP contribution in [0.4, 0.5) is 9.93 Å². The number of hydrogen-bond acceptors (Lipinski definition) is 11. The van der Waals surface area contributed by atoms with Gasteiger partial charge >= 0.3 is 6.09 Å². The standard InChI is InChI=1S/C34H44N4O8S2/c1-20(2)17-38(48(40,41)26-10-11-27-30(16-26)47-33(37-27)35-23-6-7-23)13-12-24(14-21-4-8-25(42-3)9-5-21)36-34(39)46-31-28-15-22-18-43-29(31)19-44-32(22)45-28/h4-5,8-11,16,20,22-24,28-29,31-32H,6-7,12-15,17-19H2,1-3H3,(H,35,37)(H,36,39)/t22?,24-,28?,29?,31?,32?/m1/s1. The first kappa shape index (κ1) is 33.5. The highest BCUT2D eigenvalue weighted by Crippen LogP contribution is 2.39. The highest BCUT2D eigenvalue weighted by atomic mass is 32.2. The second-order valence-corrected chi connectivity index (χ2v) is 16.6. The van der Waals surface area contributed by atoms with E-state index in [9.17, 15) is 13.2 Å². The van der Waals surface area contributed by atoms with Crippen molar-refractivity contribution in [3.8, 4) is 5.75 Å². The summed E-state index contributed by atoms with van der Waals surface area (Å²) in [5.74, 6) is 0.944. The van der Waals surface area contributed by atoms with Crippen LogP contribution in [-0.2, 0) is 35.4 Å². The molecule has 12 nitrogen and oxygen atoms in total. The van der Waals surface area contributed by atoms with Crippen LogP contribution in [0.3, 0.4) is 0 Å². The molecule has 4 aliphatic heterocycles. The maximum absolute atomic E-state index is 14.1. The van der Waals surface area contributed by atoms with Crippen LogP contribution in [0, 0.1) is 11.8 Å². The van der Waals surface area contributed by atoms with Gasteiger partial charge in [0, 0.05) is 31.1 Å². The van der Waals surface area contributed by atoms with Crippen LogP contribution in [0.15, 0.2) is 47.4 Å². The summed E-state index contributed by atoms with van der Waals surface area (Å²) < 4.78 is 59.8. The van der Waals surface area contributed by atoms with E-state index in [1.807, 2.05) is 38.1 Å². The number of thiazole rings is 1. The monoisotopic (exact) mass is 700 g/mol. The molecule has 1 aromatic heterocycles. The maximum atomic E-state index is 14.1. The normalized spacial score (nSPS) is 25.7. The second kappa shape index (κ2) is 14.1. The summed E-state index contributed by atoms with van der Waals surface area (Å²) in [6, 6.07) is 12.8. The molecule has 1 amide bonds. The van der Waals surface area contributed by atoms with Gasteiger partial charge in [-0.15, -0.1) is 0 Å². The lowest BCUT2D eigenvalue weighted by Crippen LogP contribution is -2.47. The summed E-state index contributed by atoms with van der Waals surface area (Å²) in [7, 11) is -2.24. The number of carbonyl (C=O) groups is 1. The minimum atomic E-state index is -3.85. The van der Waals surface area contributed by atoms with Gasteiger partial charge in [0.15, 0.2) is 17.5 Å². The number of sulfonamides is 1. The van der Waals surface area contributed by atoms with Crippen molar-refractivity contribution in [1.82, 2.24) is 14.6 Å². The van der Waals surface area contributed by atoms with Crippen LogP contribution in [0.5, 0.6) is 5.75 Å². The quantitative estimate of drug-likeness (QED) is 0.242. The van der Waals surface area contributed by atoms with Gasteiger partial charge in [-0.3, -0.25) is 0 Å². The molecule has 0 spiro atoms. The Balaban J connectivity index is 1.08. The molecule has 2 N–H and O–H groups in total. The summed E-state index contributed by atoms with van der Waals surface area (Å²) >= 11 is 1.47. The number of alkyl carbamates (subject to hydrolysis) is 1. The number of methoxy groups -OCH3 is 1. The summed E-state index contributed by atoms with van der Waals surface area (Å²) in [6.45, 7) is 5.35. The van der Waals surface area contributed by atoms with Gasteiger partial charge in [0.1, 0.15) is 18.0 Å². The van der Waals surface area contributed by atoms with Gasteiger partial charge in [-0.25, -0.2) is 18.2 Å². The fourth-order valence-corrected chi connectivity index (χ4v) is 9.34. The number of fused-ring (bicyclic) bond motifs is 3. The Morgan fingerprint density at radius 1 is 1.10 bits per heavy atom. The fraction of sp³-hybridized carbons (Fsp3) is 0.588. The van der Waals surface area contributed by atoms with Gasteiger partial charge < -0.3 is 34.3 Å². The van der Waals surface area contributed by atoms with E-state index in [1.54, 1.807) is 25.3 Å². The molecule has 260 valence electrons. The molecule has 5 fully saturated rings. The number of carbonyl (C=O) groups excluding carboxylic acids is 1. The maximum Gasteiger partial charge on any atom is 0.407 e. The van der Waals surface area contributed by atoms with Crippen LogP contribution < -0.4 is 15.4 Å². The van der Waals surface area contributed by atoms with Gasteiger partial charge in [0.25, 0.3) is 0 Å². The van der Waals surface area contributed by atoms with Crippen LogP contribution >= 0.6 is 11.3 Å². The highest BCUT2D eigenvalue weighted by molar-refractivity contribution is 7.89. The topological polar surface area (TPSA) is 138 Å². The molecular weight excluding hydrogens is 657 g/mol. The van der Waals surface area contributed by atoms with Crippen LogP contribution in [0.2, 0.25) is 0 Å². The first-order valence-corrected chi connectivity index (χ1v) is 19.1. The van der Waals surface area contributed by atoms with Crippen molar-refractivity contribution < 1.29 is 36.9 Å². The lowest BCUT2D eigenvalue weighted by Gasteiger charge is -2.29. The molecule has 4 saturated heterocycles. The minimum absolute atomic E-state index is 0.0853. The summed E-state index contributed by atoms with van der Waals surface area (Å²) in [5, 5.41) is 7.27. The van der Waals surface area contributed by atoms with Crippen LogP contribution in [-0.4, -0.2) is 93.9 Å². The first-order valence-electron chi connectivity index (χ1n) is 16.8. The number of nitrogens with one attached hydrogen (secondary N) is 2. The lowest BCUT2D eigenvalue weighted by atomic mass is 10.0. The molecule has 5 heterocycles. The second-order valence-electron chi connectivity index (χ2n) is 13.6. The molecule has 2 aromatic carbocycles. The van der Waals surface area contributed by atoms with Crippen molar-refractivity contribution in [1.29, 1.82) is 0 Å². The van der Waals surface area contributed by atoms with Crippen molar-refractivity contribution in [3.05, 3.63) is 48.0 Å². The molecular formula is C34H44N4O8S2. The van der Waals surface area contributed by atoms with Crippen molar-refractivity contribution in [2.75, 3.05) is 38.7 Å². The Morgan fingerprint density at radius 3 is 2.67 bits per heavy atom. The van der Waals surface area contributed by atoms with E-state index in [1.165, 1.54) is 15.6 Å². The lowest BCUT2D eigenvalue weighted by molar-refractivity contribution is -0.145. The van der Waals surface area contributed by atoms with E-state index >= 15 is 0 Å². The predicted molar refractivity (Wildman–Crippen MR) is 181 cm³/mol. The number of aromatic nitrogens is 1. The smallest absolute Gasteiger partial charge is 0.407 e. The number of hydrogen-bond donors (Lipinski definition) is 2. The van der Waals surface area contributed by atoms with Crippen molar-refractivity contribution in [3.63, 3.8) is 0 Å². The van der Waals surface area contributed by atoms with Crippen LogP contribution in [0.25, 0.3) is 10.2 Å². The van der Waals surface area contributed by atoms with E-state index in [0.29, 0.717) is 45.1 Å². The Kier molecular flexibility index (Phi) is 9.82. The van der Waals surface area contributed by atoms with E-state index in [2.05, 4.69) is 15.6 Å². The van der Waals surface area contributed by atoms with E-state index < -0.39 is 34.4 Å². The number of nitrogens with zero attached hydrogens (tertiary/aromatic N) is 2. The molecule has 5 aliphatic rings. The third-order valence-electron chi connectivity index (χ3n) is 9.32. The highest BCUT2D eigenvalue weighted by Gasteiger charge is 2.51. The largest absolute Gasteiger partial charge is 0.497 e. The molecule has 4 bridgehead atoms. The third-order valence-corrected chi connectivity index (χ3v) is 12.1. The zero-order chi connectivity index (χ0) is 33.4. The summed E-state index contributed by atoms with van der Waals surface area (Å²) in [4.78, 5) is 18.3. The van der Waals surface area contributed by atoms with Crippen LogP contribution in [0.1, 0.15) is 45.1 Å². The van der Waals surface area contributed by atoms with Gasteiger partial charge in [-0.2, -0.15) is 4.31 Å². The number of ether oxygens (including phenoxy) is 5. The Hall–Kier alpha value is -3.01. The molecule has 3 aromatic rings. The van der Waals surface area contributed by atoms with Gasteiger partial charge in [0.2, 0.25) is 10.0 Å². The number of rotatable bonds is 14. The molecule has 1 aliphatic carbocycles. The van der Waals surface area contributed by atoms with E-state index in [-0.39, 0.29) is 35.7 Å². The molecule has 1 saturated carbocycles. The third kappa shape index (κ3) is 7.58. The number of benzene rings is 2. The van der Waals surface area contributed by atoms with E-state index in [0.717, 1.165) is 39.5 Å². The SMILES string of the molecule is COc1ccc(C[C@@H](CCN(CC(C)C)S(=O)(=O)c2ccc3nc(NC4CC4)sc3c2)NC(=O)OC2C3COC4OC2CC4CO3)cc1. The van der Waals surface area contributed by atoms with Gasteiger partial charge in [0.05, 0.1) is 35.4 Å². The summed E-state index contributed by atoms with van der Waals surface area (Å²) in [6.07, 6.45) is 1.60. The van der Waals surface area contributed by atoms with Crippen molar-refractivity contribution in [2.45, 2.75) is 87.5 Å². The zero-order valence-corrected chi connectivity index (χ0v) is 29.1. The molecule has 6 atom stereocenters. The molecule has 14 heteroatoms.